The quantitative estimate of drug-likeness (QED) is 0.0305. The van der Waals surface area contributed by atoms with Gasteiger partial charge in [-0.25, -0.2) is 9.68 Å². The van der Waals surface area contributed by atoms with E-state index >= 15 is 0 Å². The van der Waals surface area contributed by atoms with Crippen LogP contribution >= 0.6 is 0 Å². The van der Waals surface area contributed by atoms with Crippen molar-refractivity contribution in [3.63, 3.8) is 0 Å². The van der Waals surface area contributed by atoms with Crippen LogP contribution in [0, 0.1) is 0 Å². The molecule has 0 unspecified atom stereocenters. The minimum absolute atomic E-state index is 0.00573. The maximum atomic E-state index is 12.3. The first-order valence-electron chi connectivity index (χ1n) is 19.1. The molecule has 15 nitrogen and oxygen atoms in total. The van der Waals surface area contributed by atoms with Crippen LogP contribution in [-0.2, 0) is 43.1 Å². The van der Waals surface area contributed by atoms with Crippen LogP contribution in [0.25, 0.3) is 0 Å². The zero-order valence-corrected chi connectivity index (χ0v) is 31.2. The Kier molecular flexibility index (Phi) is 34.9. The minimum atomic E-state index is -1.17. The van der Waals surface area contributed by atoms with Gasteiger partial charge < -0.3 is 40.6 Å². The van der Waals surface area contributed by atoms with Crippen LogP contribution < -0.4 is 21.3 Å². The van der Waals surface area contributed by atoms with Gasteiger partial charge in [-0.15, -0.1) is 0 Å². The van der Waals surface area contributed by atoms with Crippen LogP contribution in [0.15, 0.2) is 0 Å². The highest BCUT2D eigenvalue weighted by atomic mass is 17.1. The molecule has 0 saturated heterocycles. The number of carboxylic acids is 1. The predicted octanol–water partition coefficient (Wildman–Crippen LogP) is 3.88. The molecule has 0 aromatic heterocycles. The second-order valence-electron chi connectivity index (χ2n) is 12.6. The third kappa shape index (κ3) is 35.3. The van der Waals surface area contributed by atoms with Crippen molar-refractivity contribution in [2.45, 2.75) is 135 Å². The molecule has 51 heavy (non-hydrogen) atoms. The Morgan fingerprint density at radius 1 is 0.510 bits per heavy atom. The highest BCUT2D eigenvalue weighted by molar-refractivity contribution is 5.84. The van der Waals surface area contributed by atoms with Crippen molar-refractivity contribution in [2.75, 3.05) is 65.9 Å². The SMILES string of the molecule is CCC(=O)NCCOCCNC(=O)COCCOCCNC(=O)CC[C@@H](NC(=O)CCCCCCCCCCCCCCCCCOO)C(=O)O. The average Bonchev–Trinajstić information content (AvgIpc) is 3.11. The second-order valence-corrected chi connectivity index (χ2v) is 12.6. The topological polar surface area (TPSA) is 211 Å². The van der Waals surface area contributed by atoms with Crippen LogP contribution in [0.3, 0.4) is 0 Å². The van der Waals surface area contributed by atoms with Gasteiger partial charge in [-0.3, -0.25) is 24.4 Å². The van der Waals surface area contributed by atoms with Crippen LogP contribution in [0.5, 0.6) is 0 Å². The maximum absolute atomic E-state index is 12.3. The third-order valence-corrected chi connectivity index (χ3v) is 8.06. The smallest absolute Gasteiger partial charge is 0.326 e. The molecule has 1 atom stereocenters. The number of hydrogen-bond donors (Lipinski definition) is 6. The largest absolute Gasteiger partial charge is 0.480 e. The Hall–Kier alpha value is -2.85. The van der Waals surface area contributed by atoms with E-state index in [1.54, 1.807) is 6.92 Å². The first-order chi connectivity index (χ1) is 24.8. The molecular formula is C36H68N4O11. The van der Waals surface area contributed by atoms with E-state index in [1.807, 2.05) is 0 Å². The summed E-state index contributed by atoms with van der Waals surface area (Å²) in [6.45, 7) is 4.41. The minimum Gasteiger partial charge on any atom is -0.480 e. The lowest BCUT2D eigenvalue weighted by Gasteiger charge is -2.14. The molecule has 0 aliphatic heterocycles. The molecule has 4 amide bonds. The summed E-state index contributed by atoms with van der Waals surface area (Å²) in [5.41, 5.74) is 0. The van der Waals surface area contributed by atoms with Gasteiger partial charge in [-0.1, -0.05) is 90.4 Å². The van der Waals surface area contributed by atoms with Crippen LogP contribution in [0.1, 0.15) is 129 Å². The maximum Gasteiger partial charge on any atom is 0.326 e. The van der Waals surface area contributed by atoms with Crippen molar-refractivity contribution in [3.8, 4) is 0 Å². The molecule has 0 rings (SSSR count). The lowest BCUT2D eigenvalue weighted by atomic mass is 10.0. The molecule has 0 aromatic carbocycles. The number of amides is 4. The molecular weight excluding hydrogens is 664 g/mol. The van der Waals surface area contributed by atoms with Crippen molar-refractivity contribution in [3.05, 3.63) is 0 Å². The number of unbranched alkanes of at least 4 members (excludes halogenated alkanes) is 14. The number of ether oxygens (including phenoxy) is 3. The number of carbonyl (C=O) groups is 5. The number of carbonyl (C=O) groups excluding carboxylic acids is 4. The Labute approximate surface area is 304 Å². The highest BCUT2D eigenvalue weighted by Crippen LogP contribution is 2.14. The van der Waals surface area contributed by atoms with E-state index in [9.17, 15) is 29.1 Å². The first kappa shape index (κ1) is 48.1. The lowest BCUT2D eigenvalue weighted by molar-refractivity contribution is -0.242. The lowest BCUT2D eigenvalue weighted by Crippen LogP contribution is -2.41. The standard InChI is InChI=1S/C36H68N4O11/c1-2-32(41)37-21-25-48-26-23-39-35(44)30-50-29-28-49-27-22-38-33(42)20-19-31(36(45)46)40-34(43)18-16-14-12-10-8-6-4-3-5-7-9-11-13-15-17-24-51-47/h31,47H,2-30H2,1H3,(H,37,41)(H,38,42)(H,39,44)(H,40,43)(H,45,46)/t31-/m1/s1. The summed E-state index contributed by atoms with van der Waals surface area (Å²) in [6, 6.07) is -1.12. The fourth-order valence-electron chi connectivity index (χ4n) is 5.09. The molecule has 0 radical (unpaired) electrons. The number of nitrogens with one attached hydrogen (secondary N) is 4. The van der Waals surface area contributed by atoms with E-state index in [0.717, 1.165) is 32.1 Å². The molecule has 15 heteroatoms. The fourth-order valence-corrected chi connectivity index (χ4v) is 5.09. The summed E-state index contributed by atoms with van der Waals surface area (Å²) in [5, 5.41) is 28.3. The Morgan fingerprint density at radius 2 is 0.961 bits per heavy atom. The first-order valence-corrected chi connectivity index (χ1v) is 19.1. The summed E-state index contributed by atoms with van der Waals surface area (Å²) in [4.78, 5) is 62.9. The summed E-state index contributed by atoms with van der Waals surface area (Å²) >= 11 is 0. The Morgan fingerprint density at radius 3 is 1.47 bits per heavy atom. The highest BCUT2D eigenvalue weighted by Gasteiger charge is 2.20. The van der Waals surface area contributed by atoms with Crippen molar-refractivity contribution in [1.29, 1.82) is 0 Å². The Bertz CT molecular complexity index is 895. The van der Waals surface area contributed by atoms with Crippen LogP contribution in [0.4, 0.5) is 0 Å². The molecule has 6 N–H and O–H groups in total. The molecule has 0 aliphatic rings. The molecule has 0 spiro atoms. The number of rotatable bonds is 38. The predicted molar refractivity (Wildman–Crippen MR) is 193 cm³/mol. The van der Waals surface area contributed by atoms with Crippen molar-refractivity contribution in [1.82, 2.24) is 21.3 Å². The van der Waals surface area contributed by atoms with Gasteiger partial charge in [0.15, 0.2) is 0 Å². The monoisotopic (exact) mass is 732 g/mol. The summed E-state index contributed by atoms with van der Waals surface area (Å²) in [5.74, 6) is -2.14. The van der Waals surface area contributed by atoms with Gasteiger partial charge in [-0.2, -0.15) is 0 Å². The summed E-state index contributed by atoms with van der Waals surface area (Å²) in [6.07, 6.45) is 17.8. The van der Waals surface area contributed by atoms with Gasteiger partial charge in [0.25, 0.3) is 0 Å². The zero-order valence-electron chi connectivity index (χ0n) is 31.2. The van der Waals surface area contributed by atoms with E-state index in [2.05, 4.69) is 26.2 Å². The van der Waals surface area contributed by atoms with E-state index in [1.165, 1.54) is 57.8 Å². The van der Waals surface area contributed by atoms with Crippen LogP contribution in [0.2, 0.25) is 0 Å². The van der Waals surface area contributed by atoms with Gasteiger partial charge in [0.05, 0.1) is 39.6 Å². The molecule has 0 saturated carbocycles. The van der Waals surface area contributed by atoms with Crippen molar-refractivity contribution < 1.29 is 53.4 Å². The molecule has 0 bridgehead atoms. The molecule has 0 heterocycles. The molecule has 0 aromatic rings. The van der Waals surface area contributed by atoms with E-state index < -0.39 is 12.0 Å². The second kappa shape index (κ2) is 36.9. The van der Waals surface area contributed by atoms with E-state index in [4.69, 9.17) is 19.5 Å². The fraction of sp³-hybridized carbons (Fsp3) is 0.861. The van der Waals surface area contributed by atoms with Gasteiger partial charge in [0, 0.05) is 38.9 Å². The van der Waals surface area contributed by atoms with Crippen LogP contribution in [-0.4, -0.2) is 112 Å². The van der Waals surface area contributed by atoms with Gasteiger partial charge in [-0.05, 0) is 19.3 Å². The summed E-state index contributed by atoms with van der Waals surface area (Å²) < 4.78 is 15.9. The number of aliphatic carboxylic acids is 1. The van der Waals surface area contributed by atoms with Crippen molar-refractivity contribution >= 4 is 29.6 Å². The van der Waals surface area contributed by atoms with E-state index in [0.29, 0.717) is 45.8 Å². The van der Waals surface area contributed by atoms with Crippen molar-refractivity contribution in [2.24, 2.45) is 0 Å². The summed E-state index contributed by atoms with van der Waals surface area (Å²) in [7, 11) is 0. The van der Waals surface area contributed by atoms with Gasteiger partial charge >= 0.3 is 5.97 Å². The van der Waals surface area contributed by atoms with Gasteiger partial charge in [0.1, 0.15) is 12.6 Å². The van der Waals surface area contributed by atoms with E-state index in [-0.39, 0.29) is 75.9 Å². The Balaban J connectivity index is 3.66. The normalized spacial score (nSPS) is 11.6. The van der Waals surface area contributed by atoms with Gasteiger partial charge in [0.2, 0.25) is 23.6 Å². The number of hydrogen-bond acceptors (Lipinski definition) is 10. The third-order valence-electron chi connectivity index (χ3n) is 8.06. The zero-order chi connectivity index (χ0) is 37.6. The molecule has 298 valence electrons. The number of carboxylic acid groups (broad SMARTS) is 1. The average molecular weight is 733 g/mol. The molecule has 0 aliphatic carbocycles. The molecule has 0 fully saturated rings.